The maximum Gasteiger partial charge on any atom is 0.224 e. The van der Waals surface area contributed by atoms with Gasteiger partial charge in [0.15, 0.2) is 0 Å². The average molecular weight is 247 g/mol. The standard InChI is InChI=1S/C12H13N3OS/c1-7-6-14-4-3-9(7)12-8(2)15-11(17-12)5-10(13)16/h3-4,6H,5H2,1-2H3,(H2,13,16). The number of aromatic nitrogens is 2. The Morgan fingerprint density at radius 1 is 1.47 bits per heavy atom. The highest BCUT2D eigenvalue weighted by Gasteiger charge is 2.12. The minimum absolute atomic E-state index is 0.204. The van der Waals surface area contributed by atoms with Crippen molar-refractivity contribution in [1.29, 1.82) is 0 Å². The van der Waals surface area contributed by atoms with Gasteiger partial charge >= 0.3 is 0 Å². The molecule has 4 nitrogen and oxygen atoms in total. The molecule has 0 aromatic carbocycles. The molecule has 0 aliphatic heterocycles. The molecular weight excluding hydrogens is 234 g/mol. The molecule has 2 aromatic rings. The zero-order valence-electron chi connectivity index (χ0n) is 9.73. The first-order valence-electron chi connectivity index (χ1n) is 5.23. The lowest BCUT2D eigenvalue weighted by atomic mass is 10.1. The number of nitrogens with two attached hydrogens (primary N) is 1. The van der Waals surface area contributed by atoms with E-state index < -0.39 is 0 Å². The molecule has 88 valence electrons. The molecular formula is C12H13N3OS. The van der Waals surface area contributed by atoms with E-state index >= 15 is 0 Å². The van der Waals surface area contributed by atoms with Crippen LogP contribution >= 0.6 is 11.3 Å². The van der Waals surface area contributed by atoms with Crippen LogP contribution in [0.15, 0.2) is 18.5 Å². The average Bonchev–Trinajstić information content (AvgIpc) is 2.59. The molecule has 0 saturated carbocycles. The van der Waals surface area contributed by atoms with Gasteiger partial charge in [0, 0.05) is 12.4 Å². The van der Waals surface area contributed by atoms with Gasteiger partial charge in [0.25, 0.3) is 0 Å². The molecule has 2 rings (SSSR count). The van der Waals surface area contributed by atoms with Crippen LogP contribution in [-0.4, -0.2) is 15.9 Å². The second-order valence-electron chi connectivity index (χ2n) is 3.86. The third-order valence-electron chi connectivity index (χ3n) is 2.43. The van der Waals surface area contributed by atoms with Gasteiger partial charge in [-0.05, 0) is 31.0 Å². The Bertz CT molecular complexity index is 563. The van der Waals surface area contributed by atoms with E-state index in [0.717, 1.165) is 26.7 Å². The Morgan fingerprint density at radius 2 is 2.24 bits per heavy atom. The zero-order chi connectivity index (χ0) is 12.4. The quantitative estimate of drug-likeness (QED) is 0.900. The molecule has 0 aliphatic carbocycles. The normalized spacial score (nSPS) is 10.5. The molecule has 0 saturated heterocycles. The highest BCUT2D eigenvalue weighted by Crippen LogP contribution is 2.31. The number of pyridine rings is 1. The first kappa shape index (κ1) is 11.7. The Balaban J connectivity index is 2.43. The number of hydrogen-bond acceptors (Lipinski definition) is 4. The van der Waals surface area contributed by atoms with Crippen LogP contribution in [0.1, 0.15) is 16.3 Å². The van der Waals surface area contributed by atoms with Crippen molar-refractivity contribution in [3.8, 4) is 10.4 Å². The number of thiazole rings is 1. The van der Waals surface area contributed by atoms with Gasteiger partial charge in [0.05, 0.1) is 17.0 Å². The second-order valence-corrected chi connectivity index (χ2v) is 4.94. The van der Waals surface area contributed by atoms with E-state index in [1.807, 2.05) is 26.1 Å². The molecule has 0 spiro atoms. The van der Waals surface area contributed by atoms with Crippen molar-refractivity contribution < 1.29 is 4.79 Å². The van der Waals surface area contributed by atoms with Crippen LogP contribution in [0.3, 0.4) is 0 Å². The summed E-state index contributed by atoms with van der Waals surface area (Å²) in [6.45, 7) is 3.95. The van der Waals surface area contributed by atoms with E-state index in [1.165, 1.54) is 11.3 Å². The van der Waals surface area contributed by atoms with E-state index in [2.05, 4.69) is 9.97 Å². The maximum atomic E-state index is 10.9. The predicted octanol–water partition coefficient (Wildman–Crippen LogP) is 1.85. The number of hydrogen-bond donors (Lipinski definition) is 1. The largest absolute Gasteiger partial charge is 0.369 e. The van der Waals surface area contributed by atoms with Crippen LogP contribution < -0.4 is 5.73 Å². The summed E-state index contributed by atoms with van der Waals surface area (Å²) in [5.41, 5.74) is 8.32. The van der Waals surface area contributed by atoms with Gasteiger partial charge in [-0.1, -0.05) is 0 Å². The van der Waals surface area contributed by atoms with Crippen LogP contribution in [0.5, 0.6) is 0 Å². The molecule has 0 unspecified atom stereocenters. The molecule has 0 aliphatic rings. The van der Waals surface area contributed by atoms with Gasteiger partial charge in [-0.2, -0.15) is 0 Å². The summed E-state index contributed by atoms with van der Waals surface area (Å²) in [5.74, 6) is -0.350. The fourth-order valence-corrected chi connectivity index (χ4v) is 2.82. The van der Waals surface area contributed by atoms with E-state index in [1.54, 1.807) is 6.20 Å². The maximum absolute atomic E-state index is 10.9. The molecule has 0 fully saturated rings. The van der Waals surface area contributed by atoms with E-state index in [9.17, 15) is 4.79 Å². The van der Waals surface area contributed by atoms with Crippen molar-refractivity contribution in [3.63, 3.8) is 0 Å². The first-order chi connectivity index (χ1) is 8.08. The van der Waals surface area contributed by atoms with Crippen LogP contribution in [0.2, 0.25) is 0 Å². The topological polar surface area (TPSA) is 68.9 Å². The van der Waals surface area contributed by atoms with E-state index in [-0.39, 0.29) is 12.3 Å². The molecule has 2 N–H and O–H groups in total. The molecule has 17 heavy (non-hydrogen) atoms. The van der Waals surface area contributed by atoms with Crippen molar-refractivity contribution in [3.05, 3.63) is 34.7 Å². The summed E-state index contributed by atoms with van der Waals surface area (Å²) in [6.07, 6.45) is 3.78. The fraction of sp³-hybridized carbons (Fsp3) is 0.250. The summed E-state index contributed by atoms with van der Waals surface area (Å²) < 4.78 is 0. The Labute approximate surface area is 104 Å². The molecule has 5 heteroatoms. The lowest BCUT2D eigenvalue weighted by Crippen LogP contribution is -2.13. The molecule has 2 heterocycles. The highest BCUT2D eigenvalue weighted by molar-refractivity contribution is 7.15. The third-order valence-corrected chi connectivity index (χ3v) is 3.62. The minimum Gasteiger partial charge on any atom is -0.369 e. The number of primary amides is 1. The van der Waals surface area contributed by atoms with Crippen molar-refractivity contribution in [2.75, 3.05) is 0 Å². The second kappa shape index (κ2) is 4.63. The van der Waals surface area contributed by atoms with Crippen LogP contribution in [-0.2, 0) is 11.2 Å². The molecule has 0 atom stereocenters. The Hall–Kier alpha value is -1.75. The number of nitrogens with zero attached hydrogens (tertiary/aromatic N) is 2. The monoisotopic (exact) mass is 247 g/mol. The zero-order valence-corrected chi connectivity index (χ0v) is 10.5. The van der Waals surface area contributed by atoms with Crippen LogP contribution in [0, 0.1) is 13.8 Å². The minimum atomic E-state index is -0.350. The molecule has 1 amide bonds. The molecule has 0 radical (unpaired) electrons. The van der Waals surface area contributed by atoms with Crippen molar-refractivity contribution in [1.82, 2.24) is 9.97 Å². The SMILES string of the molecule is Cc1cnccc1-c1sc(CC(N)=O)nc1C. The lowest BCUT2D eigenvalue weighted by molar-refractivity contribution is -0.117. The molecule has 2 aromatic heterocycles. The Kier molecular flexibility index (Phi) is 3.19. The van der Waals surface area contributed by atoms with Crippen LogP contribution in [0.25, 0.3) is 10.4 Å². The van der Waals surface area contributed by atoms with Gasteiger partial charge in [-0.25, -0.2) is 4.98 Å². The van der Waals surface area contributed by atoms with Gasteiger partial charge in [-0.3, -0.25) is 9.78 Å². The van der Waals surface area contributed by atoms with Crippen molar-refractivity contribution in [2.45, 2.75) is 20.3 Å². The van der Waals surface area contributed by atoms with Gasteiger partial charge in [0.1, 0.15) is 5.01 Å². The van der Waals surface area contributed by atoms with Crippen molar-refractivity contribution >= 4 is 17.2 Å². The summed E-state index contributed by atoms with van der Waals surface area (Å²) in [6, 6.07) is 1.96. The van der Waals surface area contributed by atoms with E-state index in [0.29, 0.717) is 0 Å². The summed E-state index contributed by atoms with van der Waals surface area (Å²) in [5, 5.41) is 0.765. The highest BCUT2D eigenvalue weighted by atomic mass is 32.1. The molecule has 0 bridgehead atoms. The smallest absolute Gasteiger partial charge is 0.224 e. The third kappa shape index (κ3) is 2.50. The van der Waals surface area contributed by atoms with Gasteiger partial charge < -0.3 is 5.73 Å². The van der Waals surface area contributed by atoms with Crippen molar-refractivity contribution in [2.24, 2.45) is 5.73 Å². The number of carbonyl (C=O) groups is 1. The Morgan fingerprint density at radius 3 is 2.88 bits per heavy atom. The van der Waals surface area contributed by atoms with Gasteiger partial charge in [0.2, 0.25) is 5.91 Å². The fourth-order valence-electron chi connectivity index (χ4n) is 1.66. The predicted molar refractivity (Wildman–Crippen MR) is 67.7 cm³/mol. The first-order valence-corrected chi connectivity index (χ1v) is 6.05. The number of amides is 1. The summed E-state index contributed by atoms with van der Waals surface area (Å²) in [7, 11) is 0. The number of carbonyl (C=O) groups excluding carboxylic acids is 1. The number of aryl methyl sites for hydroxylation is 2. The number of rotatable bonds is 3. The summed E-state index contributed by atoms with van der Waals surface area (Å²) in [4.78, 5) is 20.4. The van der Waals surface area contributed by atoms with Gasteiger partial charge in [-0.15, -0.1) is 11.3 Å². The van der Waals surface area contributed by atoms with Crippen LogP contribution in [0.4, 0.5) is 0 Å². The van der Waals surface area contributed by atoms with E-state index in [4.69, 9.17) is 5.73 Å². The summed E-state index contributed by atoms with van der Waals surface area (Å²) >= 11 is 1.52. The lowest BCUT2D eigenvalue weighted by Gasteiger charge is -2.01.